The van der Waals surface area contributed by atoms with Crippen molar-refractivity contribution in [3.8, 4) is 0 Å². The van der Waals surface area contributed by atoms with E-state index >= 15 is 0 Å². The Morgan fingerprint density at radius 3 is 2.90 bits per heavy atom. The first-order chi connectivity index (χ1) is 9.63. The number of hydrogen-bond donors (Lipinski definition) is 3. The quantitative estimate of drug-likeness (QED) is 0.683. The number of nitrogens with two attached hydrogens (primary N) is 2. The highest BCUT2D eigenvalue weighted by atomic mass is 32.1. The topological polar surface area (TPSA) is 107 Å². The third-order valence-electron chi connectivity index (χ3n) is 2.77. The van der Waals surface area contributed by atoms with Gasteiger partial charge in [0.1, 0.15) is 5.69 Å². The second kappa shape index (κ2) is 4.78. The monoisotopic (exact) mass is 285 g/mol. The van der Waals surface area contributed by atoms with Crippen LogP contribution in [0.4, 0.5) is 17.2 Å². The summed E-state index contributed by atoms with van der Waals surface area (Å²) in [6.07, 6.45) is 0. The van der Waals surface area contributed by atoms with E-state index in [9.17, 15) is 4.79 Å². The molecule has 1 amide bonds. The lowest BCUT2D eigenvalue weighted by Crippen LogP contribution is -2.14. The molecule has 0 fully saturated rings. The van der Waals surface area contributed by atoms with E-state index in [-0.39, 0.29) is 5.69 Å². The van der Waals surface area contributed by atoms with Crippen molar-refractivity contribution in [1.82, 2.24) is 9.97 Å². The Kier molecular flexibility index (Phi) is 2.96. The molecule has 0 aliphatic heterocycles. The number of primary amides is 1. The van der Waals surface area contributed by atoms with Gasteiger partial charge in [-0.2, -0.15) is 0 Å². The maximum Gasteiger partial charge on any atom is 0.267 e. The molecule has 3 rings (SSSR count). The molecule has 2 heterocycles. The summed E-state index contributed by atoms with van der Waals surface area (Å²) in [5, 5.41) is 3.08. The number of nitrogens with zero attached hydrogens (tertiary/aromatic N) is 2. The number of nitrogen functional groups attached to an aromatic ring is 1. The zero-order valence-electron chi connectivity index (χ0n) is 10.3. The summed E-state index contributed by atoms with van der Waals surface area (Å²) in [7, 11) is 0. The molecule has 20 heavy (non-hydrogen) atoms. The predicted octanol–water partition coefficient (Wildman–Crippen LogP) is 2.12. The first-order valence-electron chi connectivity index (χ1n) is 5.80. The van der Waals surface area contributed by atoms with Crippen LogP contribution in [0.5, 0.6) is 0 Å². The van der Waals surface area contributed by atoms with Crippen molar-refractivity contribution in [3.63, 3.8) is 0 Å². The summed E-state index contributed by atoms with van der Waals surface area (Å²) in [5.74, 6) is -0.184. The van der Waals surface area contributed by atoms with E-state index in [1.165, 1.54) is 6.07 Å². The number of pyridine rings is 1. The third kappa shape index (κ3) is 2.26. The second-order valence-corrected chi connectivity index (χ2v) is 5.04. The lowest BCUT2D eigenvalue weighted by atomic mass is 10.2. The number of nitrogens with one attached hydrogen (secondary N) is 1. The van der Waals surface area contributed by atoms with Crippen LogP contribution in [0, 0.1) is 0 Å². The highest BCUT2D eigenvalue weighted by molar-refractivity contribution is 7.16. The Hall–Kier alpha value is -2.67. The van der Waals surface area contributed by atoms with Crippen LogP contribution in [0.1, 0.15) is 10.5 Å². The molecule has 7 heteroatoms. The van der Waals surface area contributed by atoms with Crippen LogP contribution in [0.3, 0.4) is 0 Å². The van der Waals surface area contributed by atoms with Crippen molar-refractivity contribution < 1.29 is 4.79 Å². The standard InChI is InChI=1S/C13H11N5OS/c14-8-2-4-10(12(15)19)18-13(8)17-7-1-3-9-11(5-7)20-6-16-9/h1-6H,14H2,(H2,15,19)(H,17,18). The molecule has 0 aliphatic carbocycles. The van der Waals surface area contributed by atoms with Gasteiger partial charge in [-0.25, -0.2) is 9.97 Å². The Morgan fingerprint density at radius 2 is 2.10 bits per heavy atom. The van der Waals surface area contributed by atoms with Crippen molar-refractivity contribution in [1.29, 1.82) is 0 Å². The van der Waals surface area contributed by atoms with E-state index in [1.807, 2.05) is 18.2 Å². The average Bonchev–Trinajstić information content (AvgIpc) is 2.88. The number of carbonyl (C=O) groups is 1. The Bertz CT molecular complexity index is 798. The fourth-order valence-electron chi connectivity index (χ4n) is 1.78. The van der Waals surface area contributed by atoms with Gasteiger partial charge in [-0.05, 0) is 30.3 Å². The van der Waals surface area contributed by atoms with Crippen molar-refractivity contribution in [2.75, 3.05) is 11.1 Å². The van der Waals surface area contributed by atoms with Crippen LogP contribution >= 0.6 is 11.3 Å². The van der Waals surface area contributed by atoms with Crippen LogP contribution in [0.15, 0.2) is 35.8 Å². The SMILES string of the molecule is NC(=O)c1ccc(N)c(Nc2ccc3ncsc3c2)n1. The highest BCUT2D eigenvalue weighted by Crippen LogP contribution is 2.26. The van der Waals surface area contributed by atoms with Gasteiger partial charge in [-0.15, -0.1) is 11.3 Å². The number of fused-ring (bicyclic) bond motifs is 1. The minimum absolute atomic E-state index is 0.167. The smallest absolute Gasteiger partial charge is 0.267 e. The summed E-state index contributed by atoms with van der Waals surface area (Å²) >= 11 is 1.55. The number of anilines is 3. The van der Waals surface area contributed by atoms with Crippen molar-refractivity contribution in [3.05, 3.63) is 41.5 Å². The Balaban J connectivity index is 1.97. The lowest BCUT2D eigenvalue weighted by Gasteiger charge is -2.09. The van der Waals surface area contributed by atoms with Crippen LogP contribution < -0.4 is 16.8 Å². The number of amides is 1. The van der Waals surface area contributed by atoms with Gasteiger partial charge in [-0.3, -0.25) is 4.79 Å². The Morgan fingerprint density at radius 1 is 1.25 bits per heavy atom. The fraction of sp³-hybridized carbons (Fsp3) is 0. The second-order valence-electron chi connectivity index (χ2n) is 4.16. The first kappa shape index (κ1) is 12.4. The van der Waals surface area contributed by atoms with E-state index in [4.69, 9.17) is 11.5 Å². The predicted molar refractivity (Wildman–Crippen MR) is 80.1 cm³/mol. The molecule has 100 valence electrons. The van der Waals surface area contributed by atoms with E-state index in [1.54, 1.807) is 22.9 Å². The van der Waals surface area contributed by atoms with Gasteiger partial charge in [-0.1, -0.05) is 0 Å². The lowest BCUT2D eigenvalue weighted by molar-refractivity contribution is 0.0996. The molecule has 2 aromatic heterocycles. The molecular weight excluding hydrogens is 274 g/mol. The Labute approximate surface area is 118 Å². The molecule has 0 saturated carbocycles. The minimum Gasteiger partial charge on any atom is -0.396 e. The van der Waals surface area contributed by atoms with Gasteiger partial charge in [0, 0.05) is 5.69 Å². The molecule has 0 unspecified atom stereocenters. The summed E-state index contributed by atoms with van der Waals surface area (Å²) < 4.78 is 1.06. The van der Waals surface area contributed by atoms with Crippen LogP contribution in [0.25, 0.3) is 10.2 Å². The number of thiazole rings is 1. The number of hydrogen-bond acceptors (Lipinski definition) is 6. The molecule has 3 aromatic rings. The number of carbonyl (C=O) groups excluding carboxylic acids is 1. The van der Waals surface area contributed by atoms with Gasteiger partial charge in [0.2, 0.25) is 0 Å². The van der Waals surface area contributed by atoms with Gasteiger partial charge in [0.25, 0.3) is 5.91 Å². The fourth-order valence-corrected chi connectivity index (χ4v) is 2.49. The zero-order chi connectivity index (χ0) is 14.1. The summed E-state index contributed by atoms with van der Waals surface area (Å²) in [4.78, 5) is 19.5. The molecule has 0 saturated heterocycles. The molecular formula is C13H11N5OS. The number of rotatable bonds is 3. The molecule has 0 atom stereocenters. The number of aromatic nitrogens is 2. The van der Waals surface area contributed by atoms with Crippen LogP contribution in [0.2, 0.25) is 0 Å². The molecule has 0 radical (unpaired) electrons. The van der Waals surface area contributed by atoms with E-state index in [0.29, 0.717) is 11.5 Å². The van der Waals surface area contributed by atoms with Gasteiger partial charge < -0.3 is 16.8 Å². The molecule has 5 N–H and O–H groups in total. The zero-order valence-corrected chi connectivity index (χ0v) is 11.1. The molecule has 1 aromatic carbocycles. The maximum atomic E-state index is 11.1. The molecule has 0 aliphatic rings. The van der Waals surface area contributed by atoms with Gasteiger partial charge in [0.15, 0.2) is 5.82 Å². The van der Waals surface area contributed by atoms with Crippen molar-refractivity contribution in [2.24, 2.45) is 5.73 Å². The normalized spacial score (nSPS) is 10.6. The van der Waals surface area contributed by atoms with E-state index in [2.05, 4.69) is 15.3 Å². The van der Waals surface area contributed by atoms with Gasteiger partial charge >= 0.3 is 0 Å². The summed E-state index contributed by atoms with van der Waals surface area (Å²) in [5.41, 5.74) is 15.2. The van der Waals surface area contributed by atoms with Crippen LogP contribution in [-0.4, -0.2) is 15.9 Å². The average molecular weight is 285 g/mol. The first-order valence-corrected chi connectivity index (χ1v) is 6.68. The molecule has 0 spiro atoms. The van der Waals surface area contributed by atoms with Crippen molar-refractivity contribution >= 4 is 44.7 Å². The highest BCUT2D eigenvalue weighted by Gasteiger charge is 2.08. The van der Waals surface area contributed by atoms with Gasteiger partial charge in [0.05, 0.1) is 21.4 Å². The van der Waals surface area contributed by atoms with E-state index < -0.39 is 5.91 Å². The van der Waals surface area contributed by atoms with Crippen LogP contribution in [-0.2, 0) is 0 Å². The third-order valence-corrected chi connectivity index (χ3v) is 3.56. The molecule has 0 bridgehead atoms. The minimum atomic E-state index is -0.592. The molecule has 6 nitrogen and oxygen atoms in total. The van der Waals surface area contributed by atoms with Crippen molar-refractivity contribution in [2.45, 2.75) is 0 Å². The summed E-state index contributed by atoms with van der Waals surface area (Å²) in [6.45, 7) is 0. The maximum absolute atomic E-state index is 11.1. The van der Waals surface area contributed by atoms with E-state index in [0.717, 1.165) is 15.9 Å². The largest absolute Gasteiger partial charge is 0.396 e. The summed E-state index contributed by atoms with van der Waals surface area (Å²) in [6, 6.07) is 8.82. The number of benzene rings is 1.